The minimum atomic E-state index is -0.657. The van der Waals surface area contributed by atoms with E-state index in [1.807, 2.05) is 38.1 Å². The summed E-state index contributed by atoms with van der Waals surface area (Å²) in [5.41, 5.74) is 0.215. The highest BCUT2D eigenvalue weighted by molar-refractivity contribution is 7.20. The number of hydrogen-bond donors (Lipinski definition) is 3. The molecule has 0 saturated heterocycles. The van der Waals surface area contributed by atoms with Crippen LogP contribution in [0.4, 0.5) is 5.82 Å². The van der Waals surface area contributed by atoms with Crippen LogP contribution in [0.5, 0.6) is 5.75 Å². The summed E-state index contributed by atoms with van der Waals surface area (Å²) in [6, 6.07) is 12.5. The number of ether oxygens (including phenoxy) is 1. The molecule has 0 spiro atoms. The van der Waals surface area contributed by atoms with Gasteiger partial charge in [0.1, 0.15) is 10.6 Å². The standard InChI is InChI=1S/C21H20N4O4S/c1-21(2,13-7-4-5-8-14(13)28-3)23-19(27)16-11-12-17(24-25-20(12)30-16)22-18(26)15-9-6-10-29-15/h4-11H,1-3H3,(H,23,27)(H2,22,24,25,26). The third-order valence-electron chi connectivity index (χ3n) is 4.66. The maximum absolute atomic E-state index is 12.9. The van der Waals surface area contributed by atoms with Crippen LogP contribution < -0.4 is 15.4 Å². The molecule has 0 saturated carbocycles. The number of thiophene rings is 1. The molecule has 9 heteroatoms. The van der Waals surface area contributed by atoms with Crippen LogP contribution in [-0.2, 0) is 5.54 Å². The van der Waals surface area contributed by atoms with Crippen molar-refractivity contribution in [3.63, 3.8) is 0 Å². The highest BCUT2D eigenvalue weighted by atomic mass is 32.1. The van der Waals surface area contributed by atoms with Crippen molar-refractivity contribution in [3.05, 3.63) is 64.9 Å². The van der Waals surface area contributed by atoms with Crippen molar-refractivity contribution >= 4 is 39.2 Å². The topological polar surface area (TPSA) is 109 Å². The van der Waals surface area contributed by atoms with Crippen LogP contribution in [0.1, 0.15) is 39.6 Å². The average molecular weight is 424 g/mol. The zero-order valence-electron chi connectivity index (χ0n) is 16.6. The van der Waals surface area contributed by atoms with Gasteiger partial charge in [-0.25, -0.2) is 0 Å². The van der Waals surface area contributed by atoms with Crippen molar-refractivity contribution in [1.82, 2.24) is 15.5 Å². The van der Waals surface area contributed by atoms with E-state index in [1.165, 1.54) is 17.6 Å². The minimum Gasteiger partial charge on any atom is -0.496 e. The first kappa shape index (κ1) is 19.7. The Morgan fingerprint density at radius 2 is 1.97 bits per heavy atom. The molecular weight excluding hydrogens is 404 g/mol. The van der Waals surface area contributed by atoms with Crippen LogP contribution in [0.2, 0.25) is 0 Å². The van der Waals surface area contributed by atoms with E-state index in [2.05, 4.69) is 20.8 Å². The monoisotopic (exact) mass is 424 g/mol. The number of methoxy groups -OCH3 is 1. The number of nitrogens with zero attached hydrogens (tertiary/aromatic N) is 1. The van der Waals surface area contributed by atoms with Crippen LogP contribution in [0.3, 0.4) is 0 Å². The Bertz CT molecular complexity index is 1210. The highest BCUT2D eigenvalue weighted by Crippen LogP contribution is 2.32. The number of nitrogens with one attached hydrogen (secondary N) is 3. The van der Waals surface area contributed by atoms with Gasteiger partial charge in [-0.2, -0.15) is 5.10 Å². The maximum atomic E-state index is 12.9. The molecule has 0 aliphatic carbocycles. The lowest BCUT2D eigenvalue weighted by Gasteiger charge is -2.28. The summed E-state index contributed by atoms with van der Waals surface area (Å²) in [5, 5.41) is 13.4. The summed E-state index contributed by atoms with van der Waals surface area (Å²) in [6.07, 6.45) is 1.42. The molecule has 8 nitrogen and oxygen atoms in total. The predicted molar refractivity (Wildman–Crippen MR) is 114 cm³/mol. The summed E-state index contributed by atoms with van der Waals surface area (Å²) < 4.78 is 10.5. The van der Waals surface area contributed by atoms with E-state index in [4.69, 9.17) is 9.15 Å². The van der Waals surface area contributed by atoms with Crippen molar-refractivity contribution in [2.45, 2.75) is 19.4 Å². The SMILES string of the molecule is COc1ccccc1C(C)(C)NC(=O)c1cc2c(NC(=O)c3ccco3)n[nH]c2s1. The fourth-order valence-corrected chi connectivity index (χ4v) is 4.07. The molecule has 3 heterocycles. The van der Waals surface area contributed by atoms with Crippen molar-refractivity contribution in [2.75, 3.05) is 12.4 Å². The van der Waals surface area contributed by atoms with Crippen LogP contribution in [0.15, 0.2) is 53.1 Å². The lowest BCUT2D eigenvalue weighted by atomic mass is 9.93. The van der Waals surface area contributed by atoms with Crippen LogP contribution in [0.25, 0.3) is 10.2 Å². The van der Waals surface area contributed by atoms with Crippen molar-refractivity contribution in [3.8, 4) is 5.75 Å². The number of anilines is 1. The lowest BCUT2D eigenvalue weighted by Crippen LogP contribution is -2.40. The molecule has 3 aromatic heterocycles. The lowest BCUT2D eigenvalue weighted by molar-refractivity contribution is 0.0914. The Hall–Kier alpha value is -3.59. The fraction of sp³-hybridized carbons (Fsp3) is 0.190. The van der Waals surface area contributed by atoms with Crippen molar-refractivity contribution < 1.29 is 18.7 Å². The van der Waals surface area contributed by atoms with Crippen molar-refractivity contribution in [2.24, 2.45) is 0 Å². The molecule has 3 N–H and O–H groups in total. The summed E-state index contributed by atoms with van der Waals surface area (Å²) in [4.78, 5) is 26.3. The number of furan rings is 1. The number of para-hydroxylation sites is 1. The van der Waals surface area contributed by atoms with Gasteiger partial charge in [0.2, 0.25) is 0 Å². The molecule has 2 amide bonds. The molecule has 1 aromatic carbocycles. The first-order valence-corrected chi connectivity index (χ1v) is 9.99. The van der Waals surface area contributed by atoms with E-state index < -0.39 is 11.4 Å². The third kappa shape index (κ3) is 3.67. The quantitative estimate of drug-likeness (QED) is 0.431. The number of carbonyl (C=O) groups excluding carboxylic acids is 2. The van der Waals surface area contributed by atoms with Crippen LogP contribution in [-0.4, -0.2) is 29.1 Å². The van der Waals surface area contributed by atoms with Gasteiger partial charge in [0, 0.05) is 5.56 Å². The first-order chi connectivity index (χ1) is 14.4. The van der Waals surface area contributed by atoms with Gasteiger partial charge in [-0.15, -0.1) is 11.3 Å². The molecule has 0 atom stereocenters. The summed E-state index contributed by atoms with van der Waals surface area (Å²) in [6.45, 7) is 3.83. The summed E-state index contributed by atoms with van der Waals surface area (Å²) >= 11 is 1.26. The number of fused-ring (bicyclic) bond motifs is 1. The molecule has 0 aliphatic heterocycles. The van der Waals surface area contributed by atoms with Crippen LogP contribution in [0, 0.1) is 0 Å². The number of aromatic nitrogens is 2. The first-order valence-electron chi connectivity index (χ1n) is 9.18. The number of amides is 2. The number of rotatable bonds is 6. The fourth-order valence-electron chi connectivity index (χ4n) is 3.17. The molecule has 0 fully saturated rings. The van der Waals surface area contributed by atoms with Gasteiger partial charge in [-0.3, -0.25) is 14.7 Å². The Labute approximate surface area is 176 Å². The van der Waals surface area contributed by atoms with E-state index in [0.29, 0.717) is 26.7 Å². The minimum absolute atomic E-state index is 0.179. The largest absolute Gasteiger partial charge is 0.496 e. The molecule has 154 valence electrons. The molecular formula is C21H20N4O4S. The third-order valence-corrected chi connectivity index (χ3v) is 5.70. The number of aromatic amines is 1. The molecule has 0 bridgehead atoms. The van der Waals surface area contributed by atoms with E-state index in [0.717, 1.165) is 5.56 Å². The van der Waals surface area contributed by atoms with E-state index in [-0.39, 0.29) is 11.7 Å². The van der Waals surface area contributed by atoms with Gasteiger partial charge in [-0.1, -0.05) is 18.2 Å². The summed E-state index contributed by atoms with van der Waals surface area (Å²) in [7, 11) is 1.60. The number of H-pyrrole nitrogens is 1. The van der Waals surface area contributed by atoms with Crippen LogP contribution >= 0.6 is 11.3 Å². The Morgan fingerprint density at radius 3 is 2.70 bits per heavy atom. The highest BCUT2D eigenvalue weighted by Gasteiger charge is 2.28. The smallest absolute Gasteiger partial charge is 0.292 e. The zero-order valence-corrected chi connectivity index (χ0v) is 17.4. The molecule has 0 radical (unpaired) electrons. The summed E-state index contributed by atoms with van der Waals surface area (Å²) in [5.74, 6) is 0.573. The van der Waals surface area contributed by atoms with E-state index in [9.17, 15) is 9.59 Å². The number of carbonyl (C=O) groups is 2. The second-order valence-corrected chi connectivity index (χ2v) is 8.19. The second kappa shape index (κ2) is 7.68. The second-order valence-electron chi connectivity index (χ2n) is 7.14. The van der Waals surface area contributed by atoms with E-state index in [1.54, 1.807) is 25.3 Å². The van der Waals surface area contributed by atoms with Crippen molar-refractivity contribution in [1.29, 1.82) is 0 Å². The Balaban J connectivity index is 1.55. The number of hydrogen-bond acceptors (Lipinski definition) is 6. The van der Waals surface area contributed by atoms with Gasteiger partial charge in [0.25, 0.3) is 11.8 Å². The zero-order chi connectivity index (χ0) is 21.3. The average Bonchev–Trinajstić information content (AvgIpc) is 3.46. The predicted octanol–water partition coefficient (Wildman–Crippen LogP) is 4.14. The van der Waals surface area contributed by atoms with Gasteiger partial charge >= 0.3 is 0 Å². The van der Waals surface area contributed by atoms with Gasteiger partial charge in [0.05, 0.1) is 29.2 Å². The molecule has 0 aliphatic rings. The molecule has 30 heavy (non-hydrogen) atoms. The Morgan fingerprint density at radius 1 is 1.17 bits per heavy atom. The van der Waals surface area contributed by atoms with Gasteiger partial charge in [0.15, 0.2) is 11.6 Å². The molecule has 0 unspecified atom stereocenters. The molecule has 4 aromatic rings. The normalized spacial score (nSPS) is 11.4. The maximum Gasteiger partial charge on any atom is 0.292 e. The number of benzene rings is 1. The van der Waals surface area contributed by atoms with E-state index >= 15 is 0 Å². The van der Waals surface area contributed by atoms with Gasteiger partial charge in [-0.05, 0) is 38.1 Å². The Kier molecular flexibility index (Phi) is 5.04. The van der Waals surface area contributed by atoms with Gasteiger partial charge < -0.3 is 19.8 Å². The molecule has 4 rings (SSSR count).